The lowest BCUT2D eigenvalue weighted by atomic mass is 10.2. The fourth-order valence-corrected chi connectivity index (χ4v) is 5.26. The molecule has 1 N–H and O–H groups in total. The predicted octanol–water partition coefficient (Wildman–Crippen LogP) is 4.31. The molecule has 0 aliphatic carbocycles. The Bertz CT molecular complexity index is 1190. The molecule has 0 fully saturated rings. The summed E-state index contributed by atoms with van der Waals surface area (Å²) in [7, 11) is -3.56. The van der Waals surface area contributed by atoms with Gasteiger partial charge < -0.3 is 9.88 Å². The van der Waals surface area contributed by atoms with Crippen molar-refractivity contribution in [2.45, 2.75) is 45.1 Å². The number of aryl methyl sites for hydroxylation is 2. The molecule has 3 rings (SSSR count). The van der Waals surface area contributed by atoms with Gasteiger partial charge in [0.25, 0.3) is 0 Å². The van der Waals surface area contributed by atoms with Crippen molar-refractivity contribution in [2.24, 2.45) is 0 Å². The van der Waals surface area contributed by atoms with Gasteiger partial charge in [0.15, 0.2) is 0 Å². The number of sulfonamides is 1. The van der Waals surface area contributed by atoms with Crippen LogP contribution in [0.5, 0.6) is 0 Å². The van der Waals surface area contributed by atoms with Crippen molar-refractivity contribution in [3.63, 3.8) is 0 Å². The summed E-state index contributed by atoms with van der Waals surface area (Å²) in [5.41, 5.74) is 2.11. The van der Waals surface area contributed by atoms with E-state index in [1.165, 1.54) is 4.31 Å². The van der Waals surface area contributed by atoms with Gasteiger partial charge in [-0.3, -0.25) is 4.79 Å². The van der Waals surface area contributed by atoms with Crippen LogP contribution < -0.4 is 5.32 Å². The molecule has 7 nitrogen and oxygen atoms in total. The van der Waals surface area contributed by atoms with E-state index in [-0.39, 0.29) is 17.2 Å². The fraction of sp³-hybridized carbons (Fsp3) is 0.364. The first-order valence-corrected chi connectivity index (χ1v) is 12.2. The minimum Gasteiger partial charge on any atom is -0.328 e. The van der Waals surface area contributed by atoms with E-state index < -0.39 is 10.0 Å². The number of fused-ring (bicyclic) bond motifs is 1. The number of rotatable bonds is 9. The van der Waals surface area contributed by atoms with Crippen LogP contribution >= 0.6 is 11.6 Å². The average Bonchev–Trinajstić information content (AvgIpc) is 3.09. The number of benzene rings is 2. The molecule has 1 heterocycles. The molecule has 0 saturated carbocycles. The zero-order valence-electron chi connectivity index (χ0n) is 17.9. The van der Waals surface area contributed by atoms with E-state index in [9.17, 15) is 13.2 Å². The predicted molar refractivity (Wildman–Crippen MR) is 124 cm³/mol. The fourth-order valence-electron chi connectivity index (χ4n) is 3.59. The molecule has 0 aliphatic heterocycles. The van der Waals surface area contributed by atoms with Crippen molar-refractivity contribution < 1.29 is 13.2 Å². The van der Waals surface area contributed by atoms with E-state index >= 15 is 0 Å². The Hall–Kier alpha value is -2.42. The molecule has 2 aromatic carbocycles. The maximum absolute atomic E-state index is 12.8. The summed E-state index contributed by atoms with van der Waals surface area (Å²) in [6, 6.07) is 12.0. The largest absolute Gasteiger partial charge is 0.328 e. The molecule has 0 atom stereocenters. The molecule has 1 aromatic heterocycles. The van der Waals surface area contributed by atoms with Gasteiger partial charge in [0.1, 0.15) is 5.82 Å². The van der Waals surface area contributed by atoms with E-state index in [4.69, 9.17) is 11.6 Å². The lowest BCUT2D eigenvalue weighted by Crippen LogP contribution is -2.30. The molecule has 9 heteroatoms. The SMILES string of the molecule is CCN(CC)S(=O)(=O)c1ccc2c(c1)nc(CCC(=O)Nc1cccc(Cl)c1)n2CC. The number of amides is 1. The molecule has 0 radical (unpaired) electrons. The highest BCUT2D eigenvalue weighted by Crippen LogP contribution is 2.24. The second-order valence-corrected chi connectivity index (χ2v) is 9.45. The van der Waals surface area contributed by atoms with Crippen molar-refractivity contribution in [2.75, 3.05) is 18.4 Å². The third-order valence-electron chi connectivity index (χ3n) is 5.14. The first-order chi connectivity index (χ1) is 14.8. The Morgan fingerprint density at radius 3 is 2.52 bits per heavy atom. The smallest absolute Gasteiger partial charge is 0.243 e. The number of hydrogen-bond acceptors (Lipinski definition) is 4. The number of aromatic nitrogens is 2. The lowest BCUT2D eigenvalue weighted by Gasteiger charge is -2.18. The van der Waals surface area contributed by atoms with Gasteiger partial charge in [-0.2, -0.15) is 4.31 Å². The van der Waals surface area contributed by atoms with E-state index in [0.29, 0.717) is 42.3 Å². The monoisotopic (exact) mass is 462 g/mol. The quantitative estimate of drug-likeness (QED) is 0.513. The molecule has 0 unspecified atom stereocenters. The topological polar surface area (TPSA) is 84.3 Å². The second-order valence-electron chi connectivity index (χ2n) is 7.07. The summed E-state index contributed by atoms with van der Waals surface area (Å²) in [6.45, 7) is 7.12. The van der Waals surface area contributed by atoms with Crippen molar-refractivity contribution in [3.05, 3.63) is 53.3 Å². The highest BCUT2D eigenvalue weighted by molar-refractivity contribution is 7.89. The normalized spacial score (nSPS) is 11.9. The first kappa shape index (κ1) is 23.2. The number of nitrogens with zero attached hydrogens (tertiary/aromatic N) is 3. The zero-order chi connectivity index (χ0) is 22.6. The summed E-state index contributed by atoms with van der Waals surface area (Å²) in [6.07, 6.45) is 0.688. The van der Waals surface area contributed by atoms with E-state index in [2.05, 4.69) is 10.3 Å². The molecule has 0 spiro atoms. The van der Waals surface area contributed by atoms with Gasteiger partial charge in [-0.25, -0.2) is 13.4 Å². The molecule has 0 saturated heterocycles. The summed E-state index contributed by atoms with van der Waals surface area (Å²) in [5, 5.41) is 3.39. The standard InChI is InChI=1S/C22H27ClN4O3S/c1-4-26(5-2)31(29,30)18-10-11-20-19(15-18)25-21(27(20)6-3)12-13-22(28)24-17-9-7-8-16(23)14-17/h7-11,14-15H,4-6,12-13H2,1-3H3,(H,24,28). The summed E-state index contributed by atoms with van der Waals surface area (Å²) in [4.78, 5) is 17.2. The minimum atomic E-state index is -3.56. The number of nitrogens with one attached hydrogen (secondary N) is 1. The zero-order valence-corrected chi connectivity index (χ0v) is 19.5. The van der Waals surface area contributed by atoms with Crippen molar-refractivity contribution >= 4 is 44.3 Å². The van der Waals surface area contributed by atoms with Gasteiger partial charge in [0.05, 0.1) is 15.9 Å². The minimum absolute atomic E-state index is 0.137. The van der Waals surface area contributed by atoms with Crippen LogP contribution in [-0.2, 0) is 27.8 Å². The van der Waals surface area contributed by atoms with Crippen molar-refractivity contribution in [1.82, 2.24) is 13.9 Å². The summed E-state index contributed by atoms with van der Waals surface area (Å²) >= 11 is 5.96. The number of anilines is 1. The Kier molecular flexibility index (Phi) is 7.35. The third-order valence-corrected chi connectivity index (χ3v) is 7.42. The van der Waals surface area contributed by atoms with Crippen LogP contribution in [0.2, 0.25) is 5.02 Å². The highest BCUT2D eigenvalue weighted by Gasteiger charge is 2.23. The van der Waals surface area contributed by atoms with Crippen LogP contribution in [0.1, 0.15) is 33.0 Å². The number of imidazole rings is 1. The van der Waals surface area contributed by atoms with E-state index in [1.807, 2.05) is 25.3 Å². The number of carbonyl (C=O) groups is 1. The Balaban J connectivity index is 1.82. The summed E-state index contributed by atoms with van der Waals surface area (Å²) < 4.78 is 29.1. The highest BCUT2D eigenvalue weighted by atomic mass is 35.5. The molecular weight excluding hydrogens is 436 g/mol. The second kappa shape index (κ2) is 9.80. The molecular formula is C22H27ClN4O3S. The van der Waals surface area contributed by atoms with Crippen LogP contribution in [0.25, 0.3) is 11.0 Å². The maximum Gasteiger partial charge on any atom is 0.243 e. The molecule has 0 bridgehead atoms. The Morgan fingerprint density at radius 2 is 1.87 bits per heavy atom. The Labute approximate surface area is 188 Å². The van der Waals surface area contributed by atoms with Crippen LogP contribution in [-0.4, -0.2) is 41.3 Å². The summed E-state index contributed by atoms with van der Waals surface area (Å²) in [5.74, 6) is 0.609. The van der Waals surface area contributed by atoms with Gasteiger partial charge in [0.2, 0.25) is 15.9 Å². The van der Waals surface area contributed by atoms with E-state index in [0.717, 1.165) is 11.3 Å². The molecule has 166 valence electrons. The number of halogens is 1. The maximum atomic E-state index is 12.8. The molecule has 31 heavy (non-hydrogen) atoms. The molecule has 3 aromatic rings. The van der Waals surface area contributed by atoms with Crippen LogP contribution in [0, 0.1) is 0 Å². The first-order valence-electron chi connectivity index (χ1n) is 10.3. The number of hydrogen-bond donors (Lipinski definition) is 1. The van der Waals surface area contributed by atoms with Gasteiger partial charge >= 0.3 is 0 Å². The lowest BCUT2D eigenvalue weighted by molar-refractivity contribution is -0.116. The third kappa shape index (κ3) is 5.08. The number of carbonyl (C=O) groups excluding carboxylic acids is 1. The van der Waals surface area contributed by atoms with Crippen molar-refractivity contribution in [1.29, 1.82) is 0 Å². The molecule has 1 amide bonds. The van der Waals surface area contributed by atoms with Gasteiger partial charge in [-0.15, -0.1) is 0 Å². The van der Waals surface area contributed by atoms with Crippen LogP contribution in [0.15, 0.2) is 47.4 Å². The van der Waals surface area contributed by atoms with Crippen molar-refractivity contribution in [3.8, 4) is 0 Å². The van der Waals surface area contributed by atoms with Gasteiger partial charge in [-0.05, 0) is 43.3 Å². The molecule has 0 aliphatic rings. The van der Waals surface area contributed by atoms with Crippen LogP contribution in [0.4, 0.5) is 5.69 Å². The van der Waals surface area contributed by atoms with E-state index in [1.54, 1.807) is 42.5 Å². The van der Waals surface area contributed by atoms with Crippen LogP contribution in [0.3, 0.4) is 0 Å². The average molecular weight is 463 g/mol. The van der Waals surface area contributed by atoms with Gasteiger partial charge in [0, 0.05) is 43.2 Å². The Morgan fingerprint density at radius 1 is 1.13 bits per heavy atom. The van der Waals surface area contributed by atoms with Gasteiger partial charge in [-0.1, -0.05) is 31.5 Å².